The molecule has 0 amide bonds. The van der Waals surface area contributed by atoms with Crippen LogP contribution in [0.4, 0.5) is 0 Å². The van der Waals surface area contributed by atoms with Gasteiger partial charge in [0.1, 0.15) is 12.4 Å². The molecular formula is C27H22O2. The predicted molar refractivity (Wildman–Crippen MR) is 118 cm³/mol. The van der Waals surface area contributed by atoms with Crippen LogP contribution in [0.2, 0.25) is 0 Å². The van der Waals surface area contributed by atoms with Crippen LogP contribution in [0.15, 0.2) is 103 Å². The molecule has 4 aromatic rings. The van der Waals surface area contributed by atoms with Gasteiger partial charge < -0.3 is 4.74 Å². The summed E-state index contributed by atoms with van der Waals surface area (Å²) in [5.41, 5.74) is 5.89. The molecule has 4 rings (SSSR count). The Morgan fingerprint density at radius 3 is 1.97 bits per heavy atom. The van der Waals surface area contributed by atoms with Crippen molar-refractivity contribution in [1.82, 2.24) is 0 Å². The van der Waals surface area contributed by atoms with Crippen LogP contribution >= 0.6 is 0 Å². The fourth-order valence-electron chi connectivity index (χ4n) is 3.40. The molecule has 0 saturated heterocycles. The summed E-state index contributed by atoms with van der Waals surface area (Å²) in [4.78, 5) is 11.9. The molecule has 2 nitrogen and oxygen atoms in total. The Labute approximate surface area is 171 Å². The number of ketones is 1. The average Bonchev–Trinajstić information content (AvgIpc) is 2.79. The molecule has 2 heteroatoms. The minimum Gasteiger partial charge on any atom is -0.488 e. The third-order valence-corrected chi connectivity index (χ3v) is 4.91. The summed E-state index contributed by atoms with van der Waals surface area (Å²) in [6.45, 7) is 2.07. The van der Waals surface area contributed by atoms with Crippen molar-refractivity contribution in [1.29, 1.82) is 0 Å². The highest BCUT2D eigenvalue weighted by Gasteiger charge is 2.14. The van der Waals surface area contributed by atoms with Gasteiger partial charge in [0.05, 0.1) is 0 Å². The lowest BCUT2D eigenvalue weighted by atomic mass is 9.95. The van der Waals surface area contributed by atoms with Gasteiger partial charge in [0.25, 0.3) is 0 Å². The van der Waals surface area contributed by atoms with E-state index in [0.717, 1.165) is 33.6 Å². The first-order chi connectivity index (χ1) is 14.2. The number of carbonyl (C=O) groups is 1. The normalized spacial score (nSPS) is 10.5. The molecule has 0 aliphatic rings. The van der Waals surface area contributed by atoms with Gasteiger partial charge in [-0.1, -0.05) is 97.1 Å². The lowest BCUT2D eigenvalue weighted by Gasteiger charge is -2.17. The lowest BCUT2D eigenvalue weighted by Crippen LogP contribution is -1.99. The molecule has 0 heterocycles. The first kappa shape index (κ1) is 18.7. The van der Waals surface area contributed by atoms with Crippen LogP contribution in [0.3, 0.4) is 0 Å². The van der Waals surface area contributed by atoms with Crippen LogP contribution in [0.1, 0.15) is 22.8 Å². The summed E-state index contributed by atoms with van der Waals surface area (Å²) < 4.78 is 6.38. The molecule has 0 unspecified atom stereocenters. The van der Waals surface area contributed by atoms with Crippen LogP contribution in [0, 0.1) is 0 Å². The van der Waals surface area contributed by atoms with Crippen molar-refractivity contribution in [3.05, 3.63) is 114 Å². The molecule has 0 bridgehead atoms. The fraction of sp³-hybridized carbons (Fsp3) is 0.0741. The second-order valence-corrected chi connectivity index (χ2v) is 6.96. The molecule has 0 aliphatic heterocycles. The molecular weight excluding hydrogens is 356 g/mol. The number of para-hydroxylation sites is 1. The molecule has 0 aliphatic carbocycles. The summed E-state index contributed by atoms with van der Waals surface area (Å²) in [7, 11) is 0. The van der Waals surface area contributed by atoms with E-state index in [1.54, 1.807) is 6.92 Å². The number of benzene rings is 4. The molecule has 0 fully saturated rings. The summed E-state index contributed by atoms with van der Waals surface area (Å²) in [5, 5.41) is 0. The predicted octanol–water partition coefficient (Wildman–Crippen LogP) is 6.80. The van der Waals surface area contributed by atoms with E-state index >= 15 is 0 Å². The zero-order valence-electron chi connectivity index (χ0n) is 16.3. The van der Waals surface area contributed by atoms with Gasteiger partial charge in [-0.15, -0.1) is 0 Å². The van der Waals surface area contributed by atoms with E-state index in [1.807, 2.05) is 72.8 Å². The Hall–Kier alpha value is -3.65. The Morgan fingerprint density at radius 2 is 1.28 bits per heavy atom. The highest BCUT2D eigenvalue weighted by molar-refractivity contribution is 5.96. The van der Waals surface area contributed by atoms with E-state index in [-0.39, 0.29) is 5.78 Å². The highest BCUT2D eigenvalue weighted by Crippen LogP contribution is 2.39. The summed E-state index contributed by atoms with van der Waals surface area (Å²) in [6, 6.07) is 34.2. The first-order valence-corrected chi connectivity index (χ1v) is 9.69. The van der Waals surface area contributed by atoms with E-state index in [4.69, 9.17) is 4.74 Å². The smallest absolute Gasteiger partial charge is 0.159 e. The van der Waals surface area contributed by atoms with Crippen LogP contribution < -0.4 is 4.74 Å². The Morgan fingerprint density at radius 1 is 0.690 bits per heavy atom. The molecule has 0 spiro atoms. The van der Waals surface area contributed by atoms with Gasteiger partial charge in [0.15, 0.2) is 5.78 Å². The largest absolute Gasteiger partial charge is 0.488 e. The van der Waals surface area contributed by atoms with Crippen molar-refractivity contribution < 1.29 is 9.53 Å². The van der Waals surface area contributed by atoms with Crippen LogP contribution in [-0.4, -0.2) is 5.78 Å². The van der Waals surface area contributed by atoms with Crippen molar-refractivity contribution in [3.63, 3.8) is 0 Å². The molecule has 0 atom stereocenters. The molecule has 0 N–H and O–H groups in total. The average molecular weight is 378 g/mol. The second-order valence-electron chi connectivity index (χ2n) is 6.96. The zero-order chi connectivity index (χ0) is 20.1. The topological polar surface area (TPSA) is 26.3 Å². The Balaban J connectivity index is 1.82. The Bertz CT molecular complexity index is 1120. The van der Waals surface area contributed by atoms with E-state index in [1.165, 1.54) is 0 Å². The van der Waals surface area contributed by atoms with E-state index in [2.05, 4.69) is 30.3 Å². The van der Waals surface area contributed by atoms with Crippen LogP contribution in [-0.2, 0) is 6.61 Å². The summed E-state index contributed by atoms with van der Waals surface area (Å²) in [6.07, 6.45) is 0. The number of rotatable bonds is 6. The number of hydrogen-bond acceptors (Lipinski definition) is 2. The van der Waals surface area contributed by atoms with E-state index in [0.29, 0.717) is 12.2 Å². The lowest BCUT2D eigenvalue weighted by molar-refractivity contribution is 0.101. The van der Waals surface area contributed by atoms with Crippen LogP contribution in [0.5, 0.6) is 5.75 Å². The molecule has 4 aromatic carbocycles. The molecule has 0 saturated carbocycles. The van der Waals surface area contributed by atoms with Gasteiger partial charge in [-0.25, -0.2) is 0 Å². The van der Waals surface area contributed by atoms with Crippen molar-refractivity contribution in [3.8, 4) is 28.0 Å². The van der Waals surface area contributed by atoms with Crippen molar-refractivity contribution in [2.75, 3.05) is 0 Å². The van der Waals surface area contributed by atoms with Gasteiger partial charge in [0.2, 0.25) is 0 Å². The number of hydrogen-bond donors (Lipinski definition) is 0. The maximum absolute atomic E-state index is 11.9. The minimum absolute atomic E-state index is 0.0535. The molecule has 0 radical (unpaired) electrons. The van der Waals surface area contributed by atoms with E-state index in [9.17, 15) is 4.79 Å². The fourth-order valence-corrected chi connectivity index (χ4v) is 3.40. The molecule has 0 aromatic heterocycles. The second kappa shape index (κ2) is 8.57. The van der Waals surface area contributed by atoms with E-state index < -0.39 is 0 Å². The number of ether oxygens (including phenoxy) is 1. The third-order valence-electron chi connectivity index (χ3n) is 4.91. The first-order valence-electron chi connectivity index (χ1n) is 9.69. The SMILES string of the molecule is CC(=O)c1cccc(-c2cccc(-c3ccccc3)c2OCc2ccccc2)c1. The van der Waals surface area contributed by atoms with Crippen molar-refractivity contribution >= 4 is 5.78 Å². The zero-order valence-corrected chi connectivity index (χ0v) is 16.3. The summed E-state index contributed by atoms with van der Waals surface area (Å²) >= 11 is 0. The standard InChI is InChI=1S/C27H22O2/c1-20(28)23-14-8-15-24(18-23)26-17-9-16-25(22-12-6-3-7-13-22)27(26)29-19-21-10-4-2-5-11-21/h2-18H,19H2,1H3. The highest BCUT2D eigenvalue weighted by atomic mass is 16.5. The summed E-state index contributed by atoms with van der Waals surface area (Å²) in [5.74, 6) is 0.876. The molecule has 142 valence electrons. The van der Waals surface area contributed by atoms with Crippen molar-refractivity contribution in [2.24, 2.45) is 0 Å². The van der Waals surface area contributed by atoms with Gasteiger partial charge >= 0.3 is 0 Å². The maximum Gasteiger partial charge on any atom is 0.159 e. The molecule has 29 heavy (non-hydrogen) atoms. The quantitative estimate of drug-likeness (QED) is 0.345. The van der Waals surface area contributed by atoms with Crippen molar-refractivity contribution in [2.45, 2.75) is 13.5 Å². The van der Waals surface area contributed by atoms with Gasteiger partial charge in [0, 0.05) is 16.7 Å². The maximum atomic E-state index is 11.9. The van der Waals surface area contributed by atoms with Gasteiger partial charge in [-0.2, -0.15) is 0 Å². The number of Topliss-reactive ketones (excluding diaryl/α,β-unsaturated/α-hetero) is 1. The van der Waals surface area contributed by atoms with Gasteiger partial charge in [-0.05, 0) is 29.7 Å². The third kappa shape index (κ3) is 4.27. The number of carbonyl (C=O) groups excluding carboxylic acids is 1. The monoisotopic (exact) mass is 378 g/mol. The van der Waals surface area contributed by atoms with Gasteiger partial charge in [-0.3, -0.25) is 4.79 Å². The Kier molecular flexibility index (Phi) is 5.53. The minimum atomic E-state index is 0.0535. The van der Waals surface area contributed by atoms with Crippen LogP contribution in [0.25, 0.3) is 22.3 Å².